The Morgan fingerprint density at radius 3 is 2.41 bits per heavy atom. The fourth-order valence-electron chi connectivity index (χ4n) is 2.96. The predicted octanol–water partition coefficient (Wildman–Crippen LogP) is 2.66. The molecule has 0 fully saturated rings. The lowest BCUT2D eigenvalue weighted by atomic mass is 10.1. The molecular formula is C21H28N2O5S. The van der Waals surface area contributed by atoms with Crippen LogP contribution >= 0.6 is 0 Å². The van der Waals surface area contributed by atoms with Crippen molar-refractivity contribution in [1.29, 1.82) is 0 Å². The first kappa shape index (κ1) is 22.5. The molecular weight excluding hydrogens is 392 g/mol. The van der Waals surface area contributed by atoms with E-state index >= 15 is 0 Å². The molecule has 0 aliphatic carbocycles. The van der Waals surface area contributed by atoms with Gasteiger partial charge in [0.2, 0.25) is 15.9 Å². The van der Waals surface area contributed by atoms with Crippen LogP contribution in [0.5, 0.6) is 11.5 Å². The highest BCUT2D eigenvalue weighted by molar-refractivity contribution is 7.92. The summed E-state index contributed by atoms with van der Waals surface area (Å²) < 4.78 is 36.9. The fourth-order valence-corrected chi connectivity index (χ4v) is 4.18. The number of nitrogens with one attached hydrogen (secondary N) is 1. The molecule has 1 N–H and O–H groups in total. The monoisotopic (exact) mass is 420 g/mol. The summed E-state index contributed by atoms with van der Waals surface area (Å²) in [7, 11) is -2.11. The third-order valence-corrected chi connectivity index (χ3v) is 5.65. The molecule has 0 saturated carbocycles. The highest BCUT2D eigenvalue weighted by Gasteiger charge is 2.30. The van der Waals surface area contributed by atoms with Gasteiger partial charge in [-0.3, -0.25) is 9.10 Å². The van der Waals surface area contributed by atoms with Crippen molar-refractivity contribution in [1.82, 2.24) is 5.32 Å². The second kappa shape index (κ2) is 9.65. The van der Waals surface area contributed by atoms with Crippen LogP contribution < -0.4 is 19.1 Å². The van der Waals surface area contributed by atoms with E-state index in [2.05, 4.69) is 5.32 Å². The van der Waals surface area contributed by atoms with Gasteiger partial charge in [-0.05, 0) is 50.1 Å². The number of carbonyl (C=O) groups is 1. The maximum atomic E-state index is 12.6. The van der Waals surface area contributed by atoms with Gasteiger partial charge in [0.15, 0.2) is 11.5 Å². The SMILES string of the molecule is COc1ccccc1OCCNC(=O)[C@@H](C)N(c1cc(C)ccc1C)S(C)(=O)=O. The highest BCUT2D eigenvalue weighted by Crippen LogP contribution is 2.27. The third-order valence-electron chi connectivity index (χ3n) is 4.42. The number of ether oxygens (including phenoxy) is 2. The first-order valence-corrected chi connectivity index (χ1v) is 11.1. The Morgan fingerprint density at radius 1 is 1.14 bits per heavy atom. The van der Waals surface area contributed by atoms with E-state index in [1.54, 1.807) is 32.2 Å². The number of methoxy groups -OCH3 is 1. The largest absolute Gasteiger partial charge is 0.493 e. The molecule has 0 aliphatic rings. The van der Waals surface area contributed by atoms with Gasteiger partial charge < -0.3 is 14.8 Å². The van der Waals surface area contributed by atoms with E-state index in [4.69, 9.17) is 9.47 Å². The molecule has 0 heterocycles. The molecule has 2 aromatic carbocycles. The number of hydrogen-bond acceptors (Lipinski definition) is 5. The van der Waals surface area contributed by atoms with Crippen LogP contribution in [0.25, 0.3) is 0 Å². The van der Waals surface area contributed by atoms with Crippen LogP contribution in [0.15, 0.2) is 42.5 Å². The van der Waals surface area contributed by atoms with Crippen molar-refractivity contribution < 1.29 is 22.7 Å². The van der Waals surface area contributed by atoms with Crippen molar-refractivity contribution >= 4 is 21.6 Å². The molecule has 0 radical (unpaired) electrons. The van der Waals surface area contributed by atoms with E-state index in [0.717, 1.165) is 21.7 Å². The quantitative estimate of drug-likeness (QED) is 0.631. The van der Waals surface area contributed by atoms with Crippen molar-refractivity contribution in [3.63, 3.8) is 0 Å². The fraction of sp³-hybridized carbons (Fsp3) is 0.381. The molecule has 0 saturated heterocycles. The number of hydrogen-bond donors (Lipinski definition) is 1. The maximum Gasteiger partial charge on any atom is 0.243 e. The standard InChI is InChI=1S/C21H28N2O5S/c1-15-10-11-16(2)18(14-15)23(29(5,25)26)17(3)21(24)22-12-13-28-20-9-7-6-8-19(20)27-4/h6-11,14,17H,12-13H2,1-5H3,(H,22,24)/t17-/m1/s1. The Hall–Kier alpha value is -2.74. The molecule has 0 unspecified atom stereocenters. The minimum absolute atomic E-state index is 0.223. The smallest absolute Gasteiger partial charge is 0.243 e. The van der Waals surface area contributed by atoms with E-state index in [1.807, 2.05) is 38.1 Å². The Labute approximate surface area is 172 Å². The minimum Gasteiger partial charge on any atom is -0.493 e. The van der Waals surface area contributed by atoms with Gasteiger partial charge in [-0.25, -0.2) is 8.42 Å². The summed E-state index contributed by atoms with van der Waals surface area (Å²) in [5, 5.41) is 2.74. The lowest BCUT2D eigenvalue weighted by Gasteiger charge is -2.29. The molecule has 1 atom stereocenters. The summed E-state index contributed by atoms with van der Waals surface area (Å²) in [4.78, 5) is 12.6. The van der Waals surface area contributed by atoms with Gasteiger partial charge in [0.25, 0.3) is 0 Å². The van der Waals surface area contributed by atoms with E-state index in [1.165, 1.54) is 0 Å². The molecule has 7 nitrogen and oxygen atoms in total. The van der Waals surface area contributed by atoms with Crippen molar-refractivity contribution in [3.05, 3.63) is 53.6 Å². The molecule has 8 heteroatoms. The van der Waals surface area contributed by atoms with E-state index in [9.17, 15) is 13.2 Å². The number of nitrogens with zero attached hydrogens (tertiary/aromatic N) is 1. The zero-order valence-corrected chi connectivity index (χ0v) is 18.2. The molecule has 0 bridgehead atoms. The maximum absolute atomic E-state index is 12.6. The second-order valence-corrected chi connectivity index (χ2v) is 8.67. The van der Waals surface area contributed by atoms with Gasteiger partial charge in [-0.2, -0.15) is 0 Å². The van der Waals surface area contributed by atoms with Crippen LogP contribution in [0.2, 0.25) is 0 Å². The molecule has 2 aromatic rings. The third kappa shape index (κ3) is 5.87. The molecule has 158 valence electrons. The number of carbonyl (C=O) groups excluding carboxylic acids is 1. The first-order valence-electron chi connectivity index (χ1n) is 9.25. The van der Waals surface area contributed by atoms with Gasteiger partial charge >= 0.3 is 0 Å². The molecule has 2 rings (SSSR count). The number of rotatable bonds is 9. The zero-order valence-electron chi connectivity index (χ0n) is 17.4. The van der Waals surface area contributed by atoms with Crippen molar-refractivity contribution in [3.8, 4) is 11.5 Å². The summed E-state index contributed by atoms with van der Waals surface area (Å²) in [5.74, 6) is 0.774. The Bertz CT molecular complexity index is 959. The van der Waals surface area contributed by atoms with Crippen LogP contribution in [0.3, 0.4) is 0 Å². The molecule has 0 aromatic heterocycles. The Balaban J connectivity index is 2.05. The van der Waals surface area contributed by atoms with E-state index in [0.29, 0.717) is 17.2 Å². The average molecular weight is 421 g/mol. The predicted molar refractivity (Wildman–Crippen MR) is 114 cm³/mol. The lowest BCUT2D eigenvalue weighted by Crippen LogP contribution is -2.48. The number of anilines is 1. The number of amides is 1. The van der Waals surface area contributed by atoms with Gasteiger partial charge in [-0.1, -0.05) is 24.3 Å². The number of benzene rings is 2. The summed E-state index contributed by atoms with van der Waals surface area (Å²) in [6.45, 7) is 5.72. The van der Waals surface area contributed by atoms with Crippen LogP contribution in [-0.4, -0.2) is 46.9 Å². The average Bonchev–Trinajstić information content (AvgIpc) is 2.67. The molecule has 1 amide bonds. The van der Waals surface area contributed by atoms with Crippen molar-refractivity contribution in [2.24, 2.45) is 0 Å². The Morgan fingerprint density at radius 2 is 1.79 bits per heavy atom. The number of sulfonamides is 1. The van der Waals surface area contributed by atoms with Gasteiger partial charge in [0.05, 0.1) is 25.6 Å². The van der Waals surface area contributed by atoms with Crippen LogP contribution in [0.1, 0.15) is 18.1 Å². The van der Waals surface area contributed by atoms with Gasteiger partial charge in [0, 0.05) is 0 Å². The topological polar surface area (TPSA) is 84.9 Å². The Kier molecular flexibility index (Phi) is 7.50. The van der Waals surface area contributed by atoms with Crippen LogP contribution in [0, 0.1) is 13.8 Å². The lowest BCUT2D eigenvalue weighted by molar-refractivity contribution is -0.121. The minimum atomic E-state index is -3.66. The molecule has 29 heavy (non-hydrogen) atoms. The first-order chi connectivity index (χ1) is 13.6. The number of para-hydroxylation sites is 2. The zero-order chi connectivity index (χ0) is 21.6. The van der Waals surface area contributed by atoms with Crippen LogP contribution in [0.4, 0.5) is 5.69 Å². The highest BCUT2D eigenvalue weighted by atomic mass is 32.2. The van der Waals surface area contributed by atoms with Gasteiger partial charge in [0.1, 0.15) is 12.6 Å². The molecule has 0 spiro atoms. The normalized spacial score (nSPS) is 12.2. The second-order valence-electron chi connectivity index (χ2n) is 6.82. The summed E-state index contributed by atoms with van der Waals surface area (Å²) in [5.41, 5.74) is 2.19. The van der Waals surface area contributed by atoms with Crippen LogP contribution in [-0.2, 0) is 14.8 Å². The summed E-state index contributed by atoms with van der Waals surface area (Å²) in [6.07, 6.45) is 1.10. The summed E-state index contributed by atoms with van der Waals surface area (Å²) >= 11 is 0. The van der Waals surface area contributed by atoms with Crippen molar-refractivity contribution in [2.75, 3.05) is 30.8 Å². The summed E-state index contributed by atoms with van der Waals surface area (Å²) in [6, 6.07) is 11.8. The van der Waals surface area contributed by atoms with E-state index < -0.39 is 22.0 Å². The van der Waals surface area contributed by atoms with Crippen molar-refractivity contribution in [2.45, 2.75) is 26.8 Å². The molecule has 0 aliphatic heterocycles. The van der Waals surface area contributed by atoms with E-state index in [-0.39, 0.29) is 13.2 Å². The van der Waals surface area contributed by atoms with Gasteiger partial charge in [-0.15, -0.1) is 0 Å². The number of aryl methyl sites for hydroxylation is 2.